The summed E-state index contributed by atoms with van der Waals surface area (Å²) in [7, 11) is 0. The quantitative estimate of drug-likeness (QED) is 0.553. The van der Waals surface area contributed by atoms with Crippen LogP contribution in [0, 0.1) is 0 Å². The molecule has 1 heterocycles. The maximum atomic E-state index is 4.41. The highest BCUT2D eigenvalue weighted by Crippen LogP contribution is 2.25. The third kappa shape index (κ3) is 1.62. The Balaban J connectivity index is 2.69. The van der Waals surface area contributed by atoms with Gasteiger partial charge in [0.15, 0.2) is 0 Å². The summed E-state index contributed by atoms with van der Waals surface area (Å²) in [6, 6.07) is 0. The summed E-state index contributed by atoms with van der Waals surface area (Å²) in [5.41, 5.74) is 1.41. The Morgan fingerprint density at radius 1 is 1.73 bits per heavy atom. The second kappa shape index (κ2) is 2.68. The first-order valence-corrected chi connectivity index (χ1v) is 3.99. The predicted molar refractivity (Wildman–Crippen MR) is 48.7 cm³/mol. The van der Waals surface area contributed by atoms with Crippen molar-refractivity contribution in [1.82, 2.24) is 5.01 Å². The van der Waals surface area contributed by atoms with Crippen molar-refractivity contribution in [3.63, 3.8) is 0 Å². The second-order valence-corrected chi connectivity index (χ2v) is 3.70. The molecule has 1 aliphatic rings. The largest absolute Gasteiger partial charge is 0.287 e. The summed E-state index contributed by atoms with van der Waals surface area (Å²) >= 11 is 0. The molecule has 62 valence electrons. The van der Waals surface area contributed by atoms with E-state index in [-0.39, 0.29) is 5.54 Å². The zero-order valence-electron chi connectivity index (χ0n) is 7.59. The average Bonchev–Trinajstić information content (AvgIpc) is 2.07. The van der Waals surface area contributed by atoms with Crippen LogP contribution in [0.15, 0.2) is 17.8 Å². The topological polar surface area (TPSA) is 15.6 Å². The van der Waals surface area contributed by atoms with Gasteiger partial charge in [-0.25, -0.2) is 0 Å². The summed E-state index contributed by atoms with van der Waals surface area (Å²) in [6.07, 6.45) is 2.96. The van der Waals surface area contributed by atoms with Crippen LogP contribution in [0.5, 0.6) is 0 Å². The standard InChI is InChI=1S/C9H16N2/c1-5-6-11-9(3,4)7-8(2)10-11/h5H,1,6-7H2,2-4H3. The Kier molecular flexibility index (Phi) is 2.03. The summed E-state index contributed by atoms with van der Waals surface area (Å²) in [5.74, 6) is 0. The SMILES string of the molecule is C=CCN1N=C(C)CC1(C)C. The molecule has 0 bridgehead atoms. The van der Waals surface area contributed by atoms with Crippen molar-refractivity contribution in [2.75, 3.05) is 6.54 Å². The first-order valence-electron chi connectivity index (χ1n) is 3.99. The van der Waals surface area contributed by atoms with Crippen molar-refractivity contribution in [3.05, 3.63) is 12.7 Å². The predicted octanol–water partition coefficient (Wildman–Crippen LogP) is 2.03. The Morgan fingerprint density at radius 2 is 2.36 bits per heavy atom. The van der Waals surface area contributed by atoms with Crippen molar-refractivity contribution in [3.8, 4) is 0 Å². The van der Waals surface area contributed by atoms with E-state index in [2.05, 4.69) is 37.5 Å². The molecule has 0 aromatic carbocycles. The first-order chi connectivity index (χ1) is 5.06. The lowest BCUT2D eigenvalue weighted by Gasteiger charge is -2.29. The van der Waals surface area contributed by atoms with E-state index >= 15 is 0 Å². The van der Waals surface area contributed by atoms with E-state index in [0.29, 0.717) is 0 Å². The van der Waals surface area contributed by atoms with Crippen LogP contribution in [0.2, 0.25) is 0 Å². The maximum absolute atomic E-state index is 4.41. The van der Waals surface area contributed by atoms with Crippen LogP contribution in [0.1, 0.15) is 27.2 Å². The number of rotatable bonds is 2. The van der Waals surface area contributed by atoms with E-state index in [1.807, 2.05) is 6.08 Å². The fraction of sp³-hybridized carbons (Fsp3) is 0.667. The van der Waals surface area contributed by atoms with E-state index in [1.54, 1.807) is 0 Å². The Hall–Kier alpha value is -0.790. The third-order valence-corrected chi connectivity index (χ3v) is 1.98. The monoisotopic (exact) mass is 152 g/mol. The van der Waals surface area contributed by atoms with Gasteiger partial charge >= 0.3 is 0 Å². The summed E-state index contributed by atoms with van der Waals surface area (Å²) < 4.78 is 0. The molecular weight excluding hydrogens is 136 g/mol. The van der Waals surface area contributed by atoms with Crippen LogP contribution in [0.3, 0.4) is 0 Å². The van der Waals surface area contributed by atoms with E-state index < -0.39 is 0 Å². The van der Waals surface area contributed by atoms with Crippen LogP contribution in [0.25, 0.3) is 0 Å². The van der Waals surface area contributed by atoms with Gasteiger partial charge in [0.2, 0.25) is 0 Å². The first kappa shape index (κ1) is 8.31. The highest BCUT2D eigenvalue weighted by atomic mass is 15.5. The molecule has 2 nitrogen and oxygen atoms in total. The molecule has 0 spiro atoms. The minimum atomic E-state index is 0.193. The molecule has 0 unspecified atom stereocenters. The average molecular weight is 152 g/mol. The van der Waals surface area contributed by atoms with Crippen LogP contribution >= 0.6 is 0 Å². The zero-order valence-corrected chi connectivity index (χ0v) is 7.59. The molecule has 1 rings (SSSR count). The lowest BCUT2D eigenvalue weighted by Crippen LogP contribution is -2.36. The molecule has 0 N–H and O–H groups in total. The van der Waals surface area contributed by atoms with E-state index in [9.17, 15) is 0 Å². The normalized spacial score (nSPS) is 21.7. The molecule has 11 heavy (non-hydrogen) atoms. The fourth-order valence-corrected chi connectivity index (χ4v) is 1.50. The van der Waals surface area contributed by atoms with Crippen molar-refractivity contribution in [1.29, 1.82) is 0 Å². The molecule has 0 aromatic heterocycles. The lowest BCUT2D eigenvalue weighted by molar-refractivity contribution is 0.172. The lowest BCUT2D eigenvalue weighted by atomic mass is 9.99. The molecule has 0 aromatic rings. The minimum absolute atomic E-state index is 0.193. The second-order valence-electron chi connectivity index (χ2n) is 3.70. The number of hydrogen-bond acceptors (Lipinski definition) is 2. The van der Waals surface area contributed by atoms with Crippen molar-refractivity contribution >= 4 is 5.71 Å². The van der Waals surface area contributed by atoms with Gasteiger partial charge < -0.3 is 0 Å². The summed E-state index contributed by atoms with van der Waals surface area (Å²) in [6.45, 7) is 11.0. The Morgan fingerprint density at radius 3 is 2.73 bits per heavy atom. The zero-order chi connectivity index (χ0) is 8.48. The fourth-order valence-electron chi connectivity index (χ4n) is 1.50. The van der Waals surface area contributed by atoms with Crippen LogP contribution in [-0.4, -0.2) is 22.8 Å². The molecule has 0 fully saturated rings. The van der Waals surface area contributed by atoms with Gasteiger partial charge in [-0.05, 0) is 20.8 Å². The smallest absolute Gasteiger partial charge is 0.0579 e. The van der Waals surface area contributed by atoms with Crippen LogP contribution < -0.4 is 0 Å². The van der Waals surface area contributed by atoms with Crippen LogP contribution in [-0.2, 0) is 0 Å². The van der Waals surface area contributed by atoms with Gasteiger partial charge in [-0.2, -0.15) is 5.10 Å². The number of hydrazone groups is 1. The molecule has 0 saturated heterocycles. The Labute approximate surface area is 68.6 Å². The van der Waals surface area contributed by atoms with Crippen molar-refractivity contribution in [2.45, 2.75) is 32.7 Å². The minimum Gasteiger partial charge on any atom is -0.287 e. The van der Waals surface area contributed by atoms with E-state index in [1.165, 1.54) is 5.71 Å². The van der Waals surface area contributed by atoms with Gasteiger partial charge in [-0.3, -0.25) is 5.01 Å². The molecular formula is C9H16N2. The van der Waals surface area contributed by atoms with E-state index in [0.717, 1.165) is 13.0 Å². The molecule has 0 aliphatic carbocycles. The van der Waals surface area contributed by atoms with Crippen LogP contribution in [0.4, 0.5) is 0 Å². The summed E-state index contributed by atoms with van der Waals surface area (Å²) in [4.78, 5) is 0. The highest BCUT2D eigenvalue weighted by Gasteiger charge is 2.30. The molecule has 0 atom stereocenters. The molecule has 0 radical (unpaired) electrons. The van der Waals surface area contributed by atoms with E-state index in [4.69, 9.17) is 0 Å². The van der Waals surface area contributed by atoms with Gasteiger partial charge in [-0.15, -0.1) is 6.58 Å². The van der Waals surface area contributed by atoms with Gasteiger partial charge in [-0.1, -0.05) is 6.08 Å². The van der Waals surface area contributed by atoms with Crippen molar-refractivity contribution in [2.24, 2.45) is 5.10 Å². The molecule has 1 aliphatic heterocycles. The van der Waals surface area contributed by atoms with Gasteiger partial charge in [0.1, 0.15) is 0 Å². The molecule has 0 saturated carbocycles. The Bertz CT molecular complexity index is 192. The third-order valence-electron chi connectivity index (χ3n) is 1.98. The highest BCUT2D eigenvalue weighted by molar-refractivity contribution is 5.84. The maximum Gasteiger partial charge on any atom is 0.0579 e. The molecule has 2 heteroatoms. The summed E-state index contributed by atoms with van der Waals surface area (Å²) in [5, 5.41) is 6.50. The number of nitrogens with zero attached hydrogens (tertiary/aromatic N) is 2. The van der Waals surface area contributed by atoms with Gasteiger partial charge in [0.05, 0.1) is 12.1 Å². The number of hydrogen-bond donors (Lipinski definition) is 0. The molecule has 0 amide bonds. The van der Waals surface area contributed by atoms with Gasteiger partial charge in [0.25, 0.3) is 0 Å². The van der Waals surface area contributed by atoms with Crippen molar-refractivity contribution < 1.29 is 0 Å². The van der Waals surface area contributed by atoms with Gasteiger partial charge in [0, 0.05) is 12.1 Å².